The molecule has 15 heavy (non-hydrogen) atoms. The molecule has 0 radical (unpaired) electrons. The topological polar surface area (TPSA) is 58.4 Å². The molecule has 1 fully saturated rings. The number of nitrogens with one attached hydrogen (secondary N) is 1. The third kappa shape index (κ3) is 3.18. The van der Waals surface area contributed by atoms with Crippen LogP contribution < -0.4 is 11.1 Å². The highest BCUT2D eigenvalue weighted by Crippen LogP contribution is 2.29. The van der Waals surface area contributed by atoms with Crippen LogP contribution in [-0.2, 0) is 4.79 Å². The average molecular weight is 213 g/mol. The minimum absolute atomic E-state index is 0.170. The molecule has 4 heteroatoms. The van der Waals surface area contributed by atoms with Crippen LogP contribution in [0.2, 0.25) is 0 Å². The number of carbonyl (C=O) groups is 1. The molecule has 0 aliphatic carbocycles. The Hall–Kier alpha value is -0.610. The van der Waals surface area contributed by atoms with Crippen LogP contribution in [0.4, 0.5) is 0 Å². The summed E-state index contributed by atoms with van der Waals surface area (Å²) in [5.74, 6) is 0.170. The standard InChI is InChI=1S/C11H23N3O/c1-11(10(15)13-2)5-8-14(9-11)7-4-3-6-12/h3-9,12H2,1-2H3,(H,13,15). The zero-order valence-corrected chi connectivity index (χ0v) is 9.88. The molecule has 1 aliphatic heterocycles. The molecular weight excluding hydrogens is 190 g/mol. The third-order valence-corrected chi connectivity index (χ3v) is 3.26. The largest absolute Gasteiger partial charge is 0.359 e. The van der Waals surface area contributed by atoms with Gasteiger partial charge in [-0.1, -0.05) is 0 Å². The maximum absolute atomic E-state index is 11.7. The molecule has 0 saturated carbocycles. The highest BCUT2D eigenvalue weighted by atomic mass is 16.2. The first kappa shape index (κ1) is 12.5. The van der Waals surface area contributed by atoms with E-state index in [1.54, 1.807) is 7.05 Å². The first-order valence-corrected chi connectivity index (χ1v) is 5.77. The van der Waals surface area contributed by atoms with Gasteiger partial charge in [0, 0.05) is 13.6 Å². The molecule has 0 aromatic rings. The number of amides is 1. The van der Waals surface area contributed by atoms with E-state index in [4.69, 9.17) is 5.73 Å². The number of rotatable bonds is 5. The van der Waals surface area contributed by atoms with Gasteiger partial charge in [0.2, 0.25) is 5.91 Å². The van der Waals surface area contributed by atoms with Crippen LogP contribution in [0, 0.1) is 5.41 Å². The summed E-state index contributed by atoms with van der Waals surface area (Å²) < 4.78 is 0. The van der Waals surface area contributed by atoms with Gasteiger partial charge in [0.1, 0.15) is 0 Å². The maximum Gasteiger partial charge on any atom is 0.227 e. The lowest BCUT2D eigenvalue weighted by Crippen LogP contribution is -2.39. The molecule has 1 unspecified atom stereocenters. The molecule has 0 aromatic heterocycles. The number of hydrogen-bond acceptors (Lipinski definition) is 3. The Bertz CT molecular complexity index is 220. The fourth-order valence-corrected chi connectivity index (χ4v) is 2.21. The molecule has 3 N–H and O–H groups in total. The Kier molecular flexibility index (Phi) is 4.54. The number of hydrogen-bond donors (Lipinski definition) is 2. The molecule has 88 valence electrons. The van der Waals surface area contributed by atoms with Gasteiger partial charge in [0.25, 0.3) is 0 Å². The van der Waals surface area contributed by atoms with Crippen LogP contribution in [0.5, 0.6) is 0 Å². The van der Waals surface area contributed by atoms with E-state index in [0.717, 1.165) is 45.4 Å². The molecule has 0 aromatic carbocycles. The number of nitrogens with two attached hydrogens (primary N) is 1. The number of nitrogens with zero attached hydrogens (tertiary/aromatic N) is 1. The molecular formula is C11H23N3O. The van der Waals surface area contributed by atoms with Gasteiger partial charge in [-0.3, -0.25) is 4.79 Å². The summed E-state index contributed by atoms with van der Waals surface area (Å²) in [6.45, 7) is 5.81. The van der Waals surface area contributed by atoms with Crippen LogP contribution in [0.15, 0.2) is 0 Å². The molecule has 1 saturated heterocycles. The third-order valence-electron chi connectivity index (χ3n) is 3.26. The SMILES string of the molecule is CNC(=O)C1(C)CCN(CCCCN)C1. The van der Waals surface area contributed by atoms with Crippen LogP contribution in [0.25, 0.3) is 0 Å². The smallest absolute Gasteiger partial charge is 0.227 e. The highest BCUT2D eigenvalue weighted by Gasteiger charge is 2.39. The van der Waals surface area contributed by atoms with Crippen molar-refractivity contribution in [3.8, 4) is 0 Å². The summed E-state index contributed by atoms with van der Waals surface area (Å²) in [5.41, 5.74) is 5.27. The van der Waals surface area contributed by atoms with Crippen molar-refractivity contribution in [3.05, 3.63) is 0 Å². The zero-order chi connectivity index (χ0) is 11.3. The van der Waals surface area contributed by atoms with Gasteiger partial charge in [-0.2, -0.15) is 0 Å². The molecule has 1 rings (SSSR count). The van der Waals surface area contributed by atoms with Crippen molar-refractivity contribution in [1.29, 1.82) is 0 Å². The van der Waals surface area contributed by atoms with Gasteiger partial charge in [-0.15, -0.1) is 0 Å². The fraction of sp³-hybridized carbons (Fsp3) is 0.909. The molecule has 1 amide bonds. The highest BCUT2D eigenvalue weighted by molar-refractivity contribution is 5.82. The summed E-state index contributed by atoms with van der Waals surface area (Å²) in [7, 11) is 1.71. The minimum Gasteiger partial charge on any atom is -0.359 e. The van der Waals surface area contributed by atoms with E-state index in [9.17, 15) is 4.79 Å². The zero-order valence-electron chi connectivity index (χ0n) is 9.88. The van der Waals surface area contributed by atoms with E-state index in [0.29, 0.717) is 0 Å². The molecule has 0 spiro atoms. The second-order valence-electron chi connectivity index (χ2n) is 4.66. The fourth-order valence-electron chi connectivity index (χ4n) is 2.21. The van der Waals surface area contributed by atoms with Gasteiger partial charge in [-0.25, -0.2) is 0 Å². The Balaban J connectivity index is 2.34. The van der Waals surface area contributed by atoms with Crippen LogP contribution in [0.1, 0.15) is 26.2 Å². The second kappa shape index (κ2) is 5.47. The predicted molar refractivity (Wildman–Crippen MR) is 61.5 cm³/mol. The van der Waals surface area contributed by atoms with E-state index < -0.39 is 0 Å². The van der Waals surface area contributed by atoms with Gasteiger partial charge < -0.3 is 16.0 Å². The lowest BCUT2D eigenvalue weighted by molar-refractivity contribution is -0.129. The van der Waals surface area contributed by atoms with E-state index in [1.807, 2.05) is 0 Å². The lowest BCUT2D eigenvalue weighted by atomic mass is 9.89. The predicted octanol–water partition coefficient (Wildman–Crippen LogP) is 0.183. The van der Waals surface area contributed by atoms with Gasteiger partial charge in [-0.05, 0) is 45.8 Å². The summed E-state index contributed by atoms with van der Waals surface area (Å²) in [5, 5.41) is 2.75. The number of unbranched alkanes of at least 4 members (excludes halogenated alkanes) is 1. The molecule has 1 heterocycles. The Morgan fingerprint density at radius 3 is 2.87 bits per heavy atom. The Morgan fingerprint density at radius 2 is 2.27 bits per heavy atom. The van der Waals surface area contributed by atoms with Gasteiger partial charge >= 0.3 is 0 Å². The van der Waals surface area contributed by atoms with E-state index in [-0.39, 0.29) is 11.3 Å². The lowest BCUT2D eigenvalue weighted by Gasteiger charge is -2.22. The van der Waals surface area contributed by atoms with Crippen molar-refractivity contribution >= 4 is 5.91 Å². The first-order valence-electron chi connectivity index (χ1n) is 5.77. The normalized spacial score (nSPS) is 26.9. The summed E-state index contributed by atoms with van der Waals surface area (Å²) >= 11 is 0. The first-order chi connectivity index (χ1) is 7.12. The monoisotopic (exact) mass is 213 g/mol. The van der Waals surface area contributed by atoms with E-state index in [1.165, 1.54) is 0 Å². The van der Waals surface area contributed by atoms with Crippen molar-refractivity contribution in [2.75, 3.05) is 33.2 Å². The van der Waals surface area contributed by atoms with Crippen molar-refractivity contribution < 1.29 is 4.79 Å². The van der Waals surface area contributed by atoms with Gasteiger partial charge in [0.15, 0.2) is 0 Å². The van der Waals surface area contributed by atoms with Crippen molar-refractivity contribution in [3.63, 3.8) is 0 Å². The number of likely N-dealkylation sites (tertiary alicyclic amines) is 1. The Morgan fingerprint density at radius 1 is 1.53 bits per heavy atom. The van der Waals surface area contributed by atoms with Crippen molar-refractivity contribution in [2.45, 2.75) is 26.2 Å². The van der Waals surface area contributed by atoms with Gasteiger partial charge in [0.05, 0.1) is 5.41 Å². The summed E-state index contributed by atoms with van der Waals surface area (Å²) in [6, 6.07) is 0. The van der Waals surface area contributed by atoms with Crippen molar-refractivity contribution in [2.24, 2.45) is 11.1 Å². The molecule has 4 nitrogen and oxygen atoms in total. The number of carbonyl (C=O) groups excluding carboxylic acids is 1. The maximum atomic E-state index is 11.7. The average Bonchev–Trinajstić information content (AvgIpc) is 2.61. The molecule has 1 aliphatic rings. The molecule has 1 atom stereocenters. The van der Waals surface area contributed by atoms with Crippen LogP contribution in [-0.4, -0.2) is 44.0 Å². The van der Waals surface area contributed by atoms with Crippen LogP contribution >= 0.6 is 0 Å². The minimum atomic E-state index is -0.183. The Labute approximate surface area is 92.2 Å². The van der Waals surface area contributed by atoms with Crippen LogP contribution in [0.3, 0.4) is 0 Å². The summed E-state index contributed by atoms with van der Waals surface area (Å²) in [4.78, 5) is 14.0. The summed E-state index contributed by atoms with van der Waals surface area (Å²) in [6.07, 6.45) is 3.18. The van der Waals surface area contributed by atoms with E-state index >= 15 is 0 Å². The second-order valence-corrected chi connectivity index (χ2v) is 4.66. The van der Waals surface area contributed by atoms with E-state index in [2.05, 4.69) is 17.1 Å². The van der Waals surface area contributed by atoms with Crippen molar-refractivity contribution in [1.82, 2.24) is 10.2 Å². The molecule has 0 bridgehead atoms. The quantitative estimate of drug-likeness (QED) is 0.641.